The van der Waals surface area contributed by atoms with E-state index in [0.717, 1.165) is 45.3 Å². The predicted octanol–water partition coefficient (Wildman–Crippen LogP) is 2.73. The van der Waals surface area contributed by atoms with E-state index in [2.05, 4.69) is 42.7 Å². The summed E-state index contributed by atoms with van der Waals surface area (Å²) in [6.07, 6.45) is 4.51. The zero-order valence-electron chi connectivity index (χ0n) is 13.7. The van der Waals surface area contributed by atoms with Crippen molar-refractivity contribution in [2.45, 2.75) is 58.2 Å². The fraction of sp³-hybridized carbons (Fsp3) is 0.611. The third-order valence-electron chi connectivity index (χ3n) is 4.80. The Bertz CT molecular complexity index is 533. The molecule has 2 fully saturated rings. The molecule has 4 heteroatoms. The summed E-state index contributed by atoms with van der Waals surface area (Å²) in [6.45, 7) is 6.95. The second-order valence-electron chi connectivity index (χ2n) is 6.77. The van der Waals surface area contributed by atoms with Gasteiger partial charge in [0.15, 0.2) is 0 Å². The SMILES string of the molecule is Cc1ccc(CN(C(=O)N[C@@H]2CCCNC2)C2CC2)cc1C. The highest BCUT2D eigenvalue weighted by atomic mass is 16.2. The van der Waals surface area contributed by atoms with E-state index in [1.54, 1.807) is 0 Å². The Hall–Kier alpha value is -1.55. The van der Waals surface area contributed by atoms with Crippen molar-refractivity contribution >= 4 is 6.03 Å². The number of hydrogen-bond donors (Lipinski definition) is 2. The molecule has 0 spiro atoms. The molecule has 2 N–H and O–H groups in total. The Kier molecular flexibility index (Phi) is 4.67. The second-order valence-corrected chi connectivity index (χ2v) is 6.77. The number of carbonyl (C=O) groups is 1. The molecule has 0 radical (unpaired) electrons. The highest BCUT2D eigenvalue weighted by Gasteiger charge is 2.33. The summed E-state index contributed by atoms with van der Waals surface area (Å²) in [5.41, 5.74) is 3.83. The van der Waals surface area contributed by atoms with Gasteiger partial charge in [-0.05, 0) is 62.8 Å². The minimum Gasteiger partial charge on any atom is -0.334 e. The average molecular weight is 301 g/mol. The zero-order valence-corrected chi connectivity index (χ0v) is 13.7. The number of amides is 2. The molecular formula is C18H27N3O. The van der Waals surface area contributed by atoms with Gasteiger partial charge in [-0.25, -0.2) is 4.79 Å². The second kappa shape index (κ2) is 6.69. The van der Waals surface area contributed by atoms with Gasteiger partial charge in [0, 0.05) is 25.2 Å². The number of benzene rings is 1. The molecule has 1 saturated heterocycles. The van der Waals surface area contributed by atoms with Crippen LogP contribution in [0.25, 0.3) is 0 Å². The van der Waals surface area contributed by atoms with Gasteiger partial charge in [0.25, 0.3) is 0 Å². The van der Waals surface area contributed by atoms with Crippen molar-refractivity contribution in [3.05, 3.63) is 34.9 Å². The van der Waals surface area contributed by atoms with Crippen LogP contribution < -0.4 is 10.6 Å². The summed E-state index contributed by atoms with van der Waals surface area (Å²) in [4.78, 5) is 14.7. The molecule has 0 aromatic heterocycles. The Balaban J connectivity index is 1.64. The van der Waals surface area contributed by atoms with Crippen LogP contribution in [-0.4, -0.2) is 36.1 Å². The van der Waals surface area contributed by atoms with Gasteiger partial charge in [-0.1, -0.05) is 18.2 Å². The molecule has 1 saturated carbocycles. The van der Waals surface area contributed by atoms with Gasteiger partial charge in [-0.2, -0.15) is 0 Å². The molecule has 3 rings (SSSR count). The van der Waals surface area contributed by atoms with Crippen molar-refractivity contribution in [1.82, 2.24) is 15.5 Å². The number of nitrogens with zero attached hydrogens (tertiary/aromatic N) is 1. The fourth-order valence-electron chi connectivity index (χ4n) is 3.08. The molecule has 1 aromatic carbocycles. The third kappa shape index (κ3) is 3.80. The fourth-order valence-corrected chi connectivity index (χ4v) is 3.08. The first-order valence-electron chi connectivity index (χ1n) is 8.47. The Labute approximate surface area is 133 Å². The lowest BCUT2D eigenvalue weighted by Gasteiger charge is -2.29. The van der Waals surface area contributed by atoms with Crippen molar-refractivity contribution in [3.8, 4) is 0 Å². The molecule has 1 aromatic rings. The first kappa shape index (κ1) is 15.3. The molecule has 22 heavy (non-hydrogen) atoms. The maximum absolute atomic E-state index is 12.6. The van der Waals surface area contributed by atoms with Crippen LogP contribution in [0.4, 0.5) is 4.79 Å². The highest BCUT2D eigenvalue weighted by Crippen LogP contribution is 2.29. The summed E-state index contributed by atoms with van der Waals surface area (Å²) < 4.78 is 0. The predicted molar refractivity (Wildman–Crippen MR) is 88.9 cm³/mol. The number of rotatable bonds is 4. The summed E-state index contributed by atoms with van der Waals surface area (Å²) >= 11 is 0. The van der Waals surface area contributed by atoms with E-state index in [4.69, 9.17) is 0 Å². The molecule has 2 amide bonds. The number of hydrogen-bond acceptors (Lipinski definition) is 2. The summed E-state index contributed by atoms with van der Waals surface area (Å²) in [5.74, 6) is 0. The van der Waals surface area contributed by atoms with Crippen LogP contribution in [0.15, 0.2) is 18.2 Å². The summed E-state index contributed by atoms with van der Waals surface area (Å²) in [7, 11) is 0. The van der Waals surface area contributed by atoms with Crippen molar-refractivity contribution < 1.29 is 4.79 Å². The summed E-state index contributed by atoms with van der Waals surface area (Å²) in [6, 6.07) is 7.32. The average Bonchev–Trinajstić information content (AvgIpc) is 3.34. The Morgan fingerprint density at radius 3 is 2.73 bits per heavy atom. The number of piperidine rings is 1. The normalized spacial score (nSPS) is 21.5. The molecule has 0 unspecified atom stereocenters. The van der Waals surface area contributed by atoms with E-state index in [9.17, 15) is 4.79 Å². The lowest BCUT2D eigenvalue weighted by Crippen LogP contribution is -2.50. The Morgan fingerprint density at radius 1 is 1.27 bits per heavy atom. The van der Waals surface area contributed by atoms with E-state index in [-0.39, 0.29) is 12.1 Å². The van der Waals surface area contributed by atoms with Crippen LogP contribution >= 0.6 is 0 Å². The van der Waals surface area contributed by atoms with Crippen LogP contribution in [0.3, 0.4) is 0 Å². The van der Waals surface area contributed by atoms with Gasteiger partial charge >= 0.3 is 6.03 Å². The van der Waals surface area contributed by atoms with Crippen molar-refractivity contribution in [3.63, 3.8) is 0 Å². The Morgan fingerprint density at radius 2 is 2.09 bits per heavy atom. The standard InChI is InChI=1S/C18H27N3O/c1-13-5-6-15(10-14(13)2)12-21(17-7-8-17)18(22)20-16-4-3-9-19-11-16/h5-6,10,16-17,19H,3-4,7-9,11-12H2,1-2H3,(H,20,22)/t16-/m1/s1. The lowest BCUT2D eigenvalue weighted by atomic mass is 10.1. The van der Waals surface area contributed by atoms with E-state index in [1.807, 2.05) is 4.90 Å². The monoisotopic (exact) mass is 301 g/mol. The van der Waals surface area contributed by atoms with Crippen molar-refractivity contribution in [2.24, 2.45) is 0 Å². The van der Waals surface area contributed by atoms with E-state index in [0.29, 0.717) is 6.04 Å². The minimum atomic E-state index is 0.106. The number of aryl methyl sites for hydroxylation is 2. The molecule has 2 aliphatic rings. The van der Waals surface area contributed by atoms with Crippen molar-refractivity contribution in [2.75, 3.05) is 13.1 Å². The molecular weight excluding hydrogens is 274 g/mol. The highest BCUT2D eigenvalue weighted by molar-refractivity contribution is 5.75. The number of nitrogens with one attached hydrogen (secondary N) is 2. The molecule has 0 bridgehead atoms. The largest absolute Gasteiger partial charge is 0.334 e. The maximum Gasteiger partial charge on any atom is 0.318 e. The molecule has 4 nitrogen and oxygen atoms in total. The number of carbonyl (C=O) groups excluding carboxylic acids is 1. The van der Waals surface area contributed by atoms with Crippen LogP contribution in [-0.2, 0) is 6.54 Å². The maximum atomic E-state index is 12.6. The van der Waals surface area contributed by atoms with E-state index in [1.165, 1.54) is 16.7 Å². The molecule has 1 atom stereocenters. The van der Waals surface area contributed by atoms with Gasteiger partial charge in [0.1, 0.15) is 0 Å². The van der Waals surface area contributed by atoms with Gasteiger partial charge < -0.3 is 15.5 Å². The summed E-state index contributed by atoms with van der Waals surface area (Å²) in [5, 5.41) is 6.57. The van der Waals surface area contributed by atoms with Crippen LogP contribution in [0.1, 0.15) is 42.4 Å². The molecule has 120 valence electrons. The van der Waals surface area contributed by atoms with E-state index < -0.39 is 0 Å². The van der Waals surface area contributed by atoms with Gasteiger partial charge in [-0.3, -0.25) is 0 Å². The van der Waals surface area contributed by atoms with Gasteiger partial charge in [-0.15, -0.1) is 0 Å². The minimum absolute atomic E-state index is 0.106. The lowest BCUT2D eigenvalue weighted by molar-refractivity contribution is 0.185. The van der Waals surface area contributed by atoms with Crippen LogP contribution in [0, 0.1) is 13.8 Å². The third-order valence-corrected chi connectivity index (χ3v) is 4.80. The molecule has 1 aliphatic heterocycles. The topological polar surface area (TPSA) is 44.4 Å². The van der Waals surface area contributed by atoms with E-state index >= 15 is 0 Å². The van der Waals surface area contributed by atoms with Gasteiger partial charge in [0.2, 0.25) is 0 Å². The number of urea groups is 1. The van der Waals surface area contributed by atoms with Crippen LogP contribution in [0.5, 0.6) is 0 Å². The molecule has 1 aliphatic carbocycles. The smallest absolute Gasteiger partial charge is 0.318 e. The zero-order chi connectivity index (χ0) is 15.5. The van der Waals surface area contributed by atoms with Crippen LogP contribution in [0.2, 0.25) is 0 Å². The first-order chi connectivity index (χ1) is 10.6. The quantitative estimate of drug-likeness (QED) is 0.898. The van der Waals surface area contributed by atoms with Crippen molar-refractivity contribution in [1.29, 1.82) is 0 Å². The first-order valence-corrected chi connectivity index (χ1v) is 8.47. The van der Waals surface area contributed by atoms with Gasteiger partial charge in [0.05, 0.1) is 0 Å². The molecule has 1 heterocycles.